The van der Waals surface area contributed by atoms with Crippen molar-refractivity contribution in [1.82, 2.24) is 15.3 Å². The molecule has 2 unspecified atom stereocenters. The number of fused-ring (bicyclic) bond motifs is 1. The van der Waals surface area contributed by atoms with Gasteiger partial charge in [-0.15, -0.1) is 11.3 Å². The van der Waals surface area contributed by atoms with Crippen LogP contribution in [0, 0.1) is 0 Å². The second-order valence-corrected chi connectivity index (χ2v) is 7.03. The fourth-order valence-electron chi connectivity index (χ4n) is 2.55. The molecule has 1 fully saturated rings. The van der Waals surface area contributed by atoms with E-state index in [4.69, 9.17) is 5.73 Å². The highest BCUT2D eigenvalue weighted by Crippen LogP contribution is 2.32. The van der Waals surface area contributed by atoms with Crippen molar-refractivity contribution in [3.05, 3.63) is 17.3 Å². The number of hydrogen-bond acceptors (Lipinski definition) is 6. The summed E-state index contributed by atoms with van der Waals surface area (Å²) in [5.41, 5.74) is 7.07. The quantitative estimate of drug-likeness (QED) is 0.909. The van der Waals surface area contributed by atoms with Crippen molar-refractivity contribution >= 4 is 45.0 Å². The molecule has 0 aliphatic heterocycles. The van der Waals surface area contributed by atoms with E-state index in [0.717, 1.165) is 19.3 Å². The van der Waals surface area contributed by atoms with Crippen molar-refractivity contribution in [2.75, 3.05) is 12.0 Å². The Hall–Kier alpha value is -1.34. The van der Waals surface area contributed by atoms with Crippen LogP contribution in [0.15, 0.2) is 12.4 Å². The standard InChI is InChI=1S/C13H16N4OS2/c1-19-8-3-2-7(6-8)17-12(18)11-9(14)10-13(20-11)16-5-4-15-10/h4-5,7-8H,2-3,6,14H2,1H3,(H,17,18). The Balaban J connectivity index is 1.77. The number of nitrogens with zero attached hydrogens (tertiary/aromatic N) is 2. The van der Waals surface area contributed by atoms with E-state index >= 15 is 0 Å². The first-order chi connectivity index (χ1) is 9.69. The molecule has 7 heteroatoms. The van der Waals surface area contributed by atoms with E-state index in [1.54, 1.807) is 12.4 Å². The van der Waals surface area contributed by atoms with Crippen molar-refractivity contribution < 1.29 is 4.79 Å². The number of nitrogen functional groups attached to an aromatic ring is 1. The predicted octanol–water partition coefficient (Wildman–Crippen LogP) is 2.29. The lowest BCUT2D eigenvalue weighted by Crippen LogP contribution is -2.32. The Morgan fingerprint density at radius 3 is 2.95 bits per heavy atom. The number of anilines is 1. The lowest BCUT2D eigenvalue weighted by atomic mass is 10.2. The molecule has 0 bridgehead atoms. The SMILES string of the molecule is CSC1CCC(NC(=O)c2sc3nccnc3c2N)C1. The maximum absolute atomic E-state index is 12.3. The summed E-state index contributed by atoms with van der Waals surface area (Å²) >= 11 is 3.18. The van der Waals surface area contributed by atoms with Gasteiger partial charge in [0.1, 0.15) is 15.2 Å². The normalized spacial score (nSPS) is 22.2. The number of rotatable bonds is 3. The highest BCUT2D eigenvalue weighted by molar-refractivity contribution is 7.99. The molecule has 0 spiro atoms. The highest BCUT2D eigenvalue weighted by Gasteiger charge is 2.27. The van der Waals surface area contributed by atoms with Crippen LogP contribution in [-0.2, 0) is 0 Å². The molecular formula is C13H16N4OS2. The van der Waals surface area contributed by atoms with Gasteiger partial charge in [-0.1, -0.05) is 0 Å². The summed E-state index contributed by atoms with van der Waals surface area (Å²) in [6.07, 6.45) is 8.56. The van der Waals surface area contributed by atoms with Gasteiger partial charge in [0.2, 0.25) is 0 Å². The van der Waals surface area contributed by atoms with E-state index in [1.807, 2.05) is 11.8 Å². The van der Waals surface area contributed by atoms with Crippen molar-refractivity contribution in [2.45, 2.75) is 30.6 Å². The number of aromatic nitrogens is 2. The summed E-state index contributed by atoms with van der Waals surface area (Å²) in [6.45, 7) is 0. The van der Waals surface area contributed by atoms with Crippen LogP contribution in [0.25, 0.3) is 10.3 Å². The zero-order valence-electron chi connectivity index (χ0n) is 11.1. The van der Waals surface area contributed by atoms with Crippen molar-refractivity contribution in [2.24, 2.45) is 0 Å². The van der Waals surface area contributed by atoms with Gasteiger partial charge in [0, 0.05) is 23.7 Å². The second kappa shape index (κ2) is 5.57. The molecule has 0 radical (unpaired) electrons. The first-order valence-electron chi connectivity index (χ1n) is 6.51. The number of thiophene rings is 1. The molecule has 3 rings (SSSR count). The Morgan fingerprint density at radius 1 is 1.45 bits per heavy atom. The molecule has 0 aromatic carbocycles. The second-order valence-electron chi connectivity index (χ2n) is 4.90. The Kier molecular flexibility index (Phi) is 3.80. The van der Waals surface area contributed by atoms with Gasteiger partial charge in [0.15, 0.2) is 0 Å². The largest absolute Gasteiger partial charge is 0.396 e. The van der Waals surface area contributed by atoms with Crippen LogP contribution in [0.4, 0.5) is 5.69 Å². The van der Waals surface area contributed by atoms with E-state index < -0.39 is 0 Å². The van der Waals surface area contributed by atoms with Crippen LogP contribution < -0.4 is 11.1 Å². The molecule has 5 nitrogen and oxygen atoms in total. The maximum Gasteiger partial charge on any atom is 0.263 e. The summed E-state index contributed by atoms with van der Waals surface area (Å²) in [5, 5.41) is 3.74. The van der Waals surface area contributed by atoms with Crippen LogP contribution in [0.3, 0.4) is 0 Å². The fraction of sp³-hybridized carbons (Fsp3) is 0.462. The minimum atomic E-state index is -0.0981. The Labute approximate surface area is 125 Å². The summed E-state index contributed by atoms with van der Waals surface area (Å²) in [5.74, 6) is -0.0981. The van der Waals surface area contributed by atoms with Gasteiger partial charge in [-0.2, -0.15) is 11.8 Å². The smallest absolute Gasteiger partial charge is 0.263 e. The van der Waals surface area contributed by atoms with Crippen molar-refractivity contribution in [3.63, 3.8) is 0 Å². The van der Waals surface area contributed by atoms with Crippen LogP contribution in [0.1, 0.15) is 28.9 Å². The minimum Gasteiger partial charge on any atom is -0.396 e. The molecule has 2 atom stereocenters. The number of thioether (sulfide) groups is 1. The number of nitrogens with one attached hydrogen (secondary N) is 1. The number of carbonyl (C=O) groups excluding carboxylic acids is 1. The monoisotopic (exact) mass is 308 g/mol. The first kappa shape index (κ1) is 13.6. The Bertz CT molecular complexity index is 642. The van der Waals surface area contributed by atoms with Gasteiger partial charge in [0.05, 0.1) is 5.69 Å². The summed E-state index contributed by atoms with van der Waals surface area (Å²) < 4.78 is 0. The molecule has 2 aromatic rings. The topological polar surface area (TPSA) is 80.9 Å². The third kappa shape index (κ3) is 2.47. The minimum absolute atomic E-state index is 0.0981. The lowest BCUT2D eigenvalue weighted by molar-refractivity contribution is 0.0943. The van der Waals surface area contributed by atoms with Gasteiger partial charge in [-0.25, -0.2) is 9.97 Å². The van der Waals surface area contributed by atoms with Gasteiger partial charge in [-0.05, 0) is 25.5 Å². The van der Waals surface area contributed by atoms with Gasteiger partial charge in [0.25, 0.3) is 5.91 Å². The number of nitrogens with two attached hydrogens (primary N) is 1. The zero-order chi connectivity index (χ0) is 14.1. The Morgan fingerprint density at radius 2 is 2.25 bits per heavy atom. The van der Waals surface area contributed by atoms with Crippen molar-refractivity contribution in [1.29, 1.82) is 0 Å². The number of hydrogen-bond donors (Lipinski definition) is 2. The molecule has 1 saturated carbocycles. The molecule has 0 saturated heterocycles. The van der Waals surface area contributed by atoms with E-state index in [0.29, 0.717) is 26.2 Å². The molecule has 3 N–H and O–H groups in total. The van der Waals surface area contributed by atoms with Crippen LogP contribution in [0.2, 0.25) is 0 Å². The molecule has 1 amide bonds. The van der Waals surface area contributed by atoms with E-state index in [2.05, 4.69) is 21.5 Å². The number of amides is 1. The van der Waals surface area contributed by atoms with E-state index in [-0.39, 0.29) is 11.9 Å². The zero-order valence-corrected chi connectivity index (χ0v) is 12.8. The van der Waals surface area contributed by atoms with Crippen LogP contribution in [-0.4, -0.2) is 33.4 Å². The molecule has 1 aliphatic rings. The molecule has 2 heterocycles. The average molecular weight is 308 g/mol. The summed E-state index contributed by atoms with van der Waals surface area (Å²) in [7, 11) is 0. The lowest BCUT2D eigenvalue weighted by Gasteiger charge is -2.12. The molecule has 1 aliphatic carbocycles. The third-order valence-electron chi connectivity index (χ3n) is 3.62. The van der Waals surface area contributed by atoms with E-state index in [1.165, 1.54) is 11.3 Å². The molecule has 2 aromatic heterocycles. The van der Waals surface area contributed by atoms with Gasteiger partial charge in [-0.3, -0.25) is 4.79 Å². The average Bonchev–Trinajstić information content (AvgIpc) is 3.04. The molecule has 106 valence electrons. The van der Waals surface area contributed by atoms with E-state index in [9.17, 15) is 4.79 Å². The summed E-state index contributed by atoms with van der Waals surface area (Å²) in [4.78, 5) is 22.0. The van der Waals surface area contributed by atoms with Gasteiger partial charge >= 0.3 is 0 Å². The molecule has 20 heavy (non-hydrogen) atoms. The maximum atomic E-state index is 12.3. The van der Waals surface area contributed by atoms with Crippen LogP contribution >= 0.6 is 23.1 Å². The first-order valence-corrected chi connectivity index (χ1v) is 8.62. The highest BCUT2D eigenvalue weighted by atomic mass is 32.2. The third-order valence-corrected chi connectivity index (χ3v) is 5.82. The fourth-order valence-corrected chi connectivity index (χ4v) is 4.27. The van der Waals surface area contributed by atoms with Crippen molar-refractivity contribution in [3.8, 4) is 0 Å². The predicted molar refractivity (Wildman–Crippen MR) is 84.2 cm³/mol. The number of carbonyl (C=O) groups is 1. The summed E-state index contributed by atoms with van der Waals surface area (Å²) in [6, 6.07) is 0.255. The molecular weight excluding hydrogens is 292 g/mol. The van der Waals surface area contributed by atoms with Crippen LogP contribution in [0.5, 0.6) is 0 Å². The van der Waals surface area contributed by atoms with Gasteiger partial charge < -0.3 is 11.1 Å².